The first-order valence-corrected chi connectivity index (χ1v) is 6.35. The molecule has 18 heavy (non-hydrogen) atoms. The summed E-state index contributed by atoms with van der Waals surface area (Å²) in [5.41, 5.74) is 8.44. The fourth-order valence-electron chi connectivity index (χ4n) is 1.64. The molecule has 0 bridgehead atoms. The number of thiazole rings is 1. The van der Waals surface area contributed by atoms with Crippen molar-refractivity contribution in [1.29, 1.82) is 0 Å². The van der Waals surface area contributed by atoms with Crippen molar-refractivity contribution < 1.29 is 5.11 Å². The van der Waals surface area contributed by atoms with Crippen LogP contribution in [0.2, 0.25) is 0 Å². The van der Waals surface area contributed by atoms with Crippen LogP contribution in [0.3, 0.4) is 0 Å². The van der Waals surface area contributed by atoms with Gasteiger partial charge in [0.25, 0.3) is 0 Å². The van der Waals surface area contributed by atoms with E-state index >= 15 is 0 Å². The first-order chi connectivity index (χ1) is 8.83. The van der Waals surface area contributed by atoms with E-state index in [0.29, 0.717) is 0 Å². The standard InChI is InChI=1S/C15H9NOS/c17-13-8-6-12(7-9-13)15-16-14(10-18-15)11-4-2-1-3-5-11/h1-6,8,10,17H. The Morgan fingerprint density at radius 1 is 1.06 bits per heavy atom. The van der Waals surface area contributed by atoms with Gasteiger partial charge in [0, 0.05) is 10.9 Å². The third-order valence-corrected chi connectivity index (χ3v) is 3.41. The summed E-state index contributed by atoms with van der Waals surface area (Å²) in [6.07, 6.45) is 3.38. The Balaban J connectivity index is 2.02. The monoisotopic (exact) mass is 251 g/mol. The van der Waals surface area contributed by atoms with Crippen LogP contribution in [0.4, 0.5) is 0 Å². The average molecular weight is 251 g/mol. The molecule has 0 aliphatic heterocycles. The number of aromatic nitrogens is 1. The minimum Gasteiger partial charge on any atom is -0.501 e. The van der Waals surface area contributed by atoms with Crippen molar-refractivity contribution in [2.75, 3.05) is 0 Å². The quantitative estimate of drug-likeness (QED) is 0.819. The molecule has 3 rings (SSSR count). The molecule has 2 aromatic rings. The highest BCUT2D eigenvalue weighted by atomic mass is 32.1. The van der Waals surface area contributed by atoms with Gasteiger partial charge in [-0.2, -0.15) is 0 Å². The van der Waals surface area contributed by atoms with Crippen molar-refractivity contribution in [3.8, 4) is 11.3 Å². The van der Waals surface area contributed by atoms with E-state index in [1.807, 2.05) is 35.7 Å². The highest BCUT2D eigenvalue weighted by molar-refractivity contribution is 7.11. The highest BCUT2D eigenvalue weighted by Gasteiger charge is 2.07. The van der Waals surface area contributed by atoms with Gasteiger partial charge >= 0.3 is 0 Å². The van der Waals surface area contributed by atoms with Gasteiger partial charge in [0.1, 0.15) is 5.01 Å². The van der Waals surface area contributed by atoms with Crippen LogP contribution in [0.5, 0.6) is 0 Å². The molecule has 1 aromatic heterocycles. The Morgan fingerprint density at radius 2 is 1.89 bits per heavy atom. The lowest BCUT2D eigenvalue weighted by Gasteiger charge is -1.96. The molecule has 1 aliphatic carbocycles. The van der Waals surface area contributed by atoms with Gasteiger partial charge in [-0.05, 0) is 17.9 Å². The molecule has 0 saturated heterocycles. The summed E-state index contributed by atoms with van der Waals surface area (Å²) >= 11 is 1.56. The lowest BCUT2D eigenvalue weighted by atomic mass is 10.2. The van der Waals surface area contributed by atoms with E-state index in [2.05, 4.69) is 16.4 Å². The van der Waals surface area contributed by atoms with E-state index in [4.69, 9.17) is 0 Å². The van der Waals surface area contributed by atoms with Gasteiger partial charge in [-0.25, -0.2) is 4.98 Å². The molecular weight excluding hydrogens is 242 g/mol. The summed E-state index contributed by atoms with van der Waals surface area (Å²) in [5, 5.41) is 12.1. The van der Waals surface area contributed by atoms with Gasteiger partial charge in [0.2, 0.25) is 0 Å². The number of aliphatic hydroxyl groups excluding tert-OH is 1. The second-order valence-electron chi connectivity index (χ2n) is 3.79. The normalized spacial score (nSPS) is 13.3. The molecule has 0 unspecified atom stereocenters. The van der Waals surface area contributed by atoms with Crippen molar-refractivity contribution >= 4 is 16.9 Å². The first-order valence-electron chi connectivity index (χ1n) is 5.47. The first kappa shape index (κ1) is 10.8. The Morgan fingerprint density at radius 3 is 2.61 bits per heavy atom. The average Bonchev–Trinajstić information content (AvgIpc) is 2.90. The van der Waals surface area contributed by atoms with Crippen LogP contribution >= 0.6 is 11.3 Å². The Hall–Kier alpha value is -2.31. The van der Waals surface area contributed by atoms with Crippen molar-refractivity contribution in [2.24, 2.45) is 0 Å². The fraction of sp³-hybridized carbons (Fsp3) is 0. The van der Waals surface area contributed by atoms with Crippen LogP contribution in [0.25, 0.3) is 16.8 Å². The topological polar surface area (TPSA) is 33.1 Å². The third kappa shape index (κ3) is 2.06. The second-order valence-corrected chi connectivity index (χ2v) is 4.64. The predicted molar refractivity (Wildman–Crippen MR) is 73.3 cm³/mol. The number of rotatable bonds is 2. The van der Waals surface area contributed by atoms with Crippen LogP contribution in [0.1, 0.15) is 5.01 Å². The number of aliphatic hydroxyl groups is 1. The minimum absolute atomic E-state index is 0.0959. The van der Waals surface area contributed by atoms with Crippen LogP contribution in [0.15, 0.2) is 65.1 Å². The summed E-state index contributed by atoms with van der Waals surface area (Å²) in [6.45, 7) is 0. The van der Waals surface area contributed by atoms with E-state index in [0.717, 1.165) is 21.8 Å². The number of benzene rings is 1. The molecule has 1 aromatic carbocycles. The number of allylic oxidation sites excluding steroid dienone is 3. The summed E-state index contributed by atoms with van der Waals surface area (Å²) in [4.78, 5) is 4.57. The Kier molecular flexibility index (Phi) is 2.71. The summed E-state index contributed by atoms with van der Waals surface area (Å²) in [7, 11) is 0. The van der Waals surface area contributed by atoms with Gasteiger partial charge in [-0.1, -0.05) is 36.1 Å². The van der Waals surface area contributed by atoms with Gasteiger partial charge < -0.3 is 5.11 Å². The SMILES string of the molecule is OC1=C=C=C(c2nc(-c3ccccc3)cs2)C=C1. The molecular formula is C15H9NOS. The summed E-state index contributed by atoms with van der Waals surface area (Å²) < 4.78 is 0. The van der Waals surface area contributed by atoms with Crippen molar-refractivity contribution in [1.82, 2.24) is 4.98 Å². The third-order valence-electron chi connectivity index (χ3n) is 2.54. The summed E-state index contributed by atoms with van der Waals surface area (Å²) in [6, 6.07) is 10.0. The van der Waals surface area contributed by atoms with Gasteiger partial charge in [0.05, 0.1) is 11.3 Å². The lowest BCUT2D eigenvalue weighted by molar-refractivity contribution is 0.434. The van der Waals surface area contributed by atoms with Gasteiger partial charge in [0.15, 0.2) is 5.76 Å². The fourth-order valence-corrected chi connectivity index (χ4v) is 2.45. The van der Waals surface area contributed by atoms with Gasteiger partial charge in [-0.15, -0.1) is 11.3 Å². The van der Waals surface area contributed by atoms with Crippen molar-refractivity contribution in [3.63, 3.8) is 0 Å². The predicted octanol–water partition coefficient (Wildman–Crippen LogP) is 3.96. The lowest BCUT2D eigenvalue weighted by Crippen LogP contribution is -1.83. The maximum Gasteiger partial charge on any atom is 0.167 e. The molecule has 0 spiro atoms. The molecule has 2 nitrogen and oxygen atoms in total. The zero-order valence-electron chi connectivity index (χ0n) is 9.42. The summed E-state index contributed by atoms with van der Waals surface area (Å²) in [5.74, 6) is 0.0959. The van der Waals surface area contributed by atoms with Crippen LogP contribution in [-0.2, 0) is 0 Å². The maximum absolute atomic E-state index is 9.18. The zero-order chi connectivity index (χ0) is 12.4. The largest absolute Gasteiger partial charge is 0.501 e. The van der Waals surface area contributed by atoms with Gasteiger partial charge in [-0.3, -0.25) is 0 Å². The molecule has 0 saturated carbocycles. The Labute approximate surface area is 109 Å². The Bertz CT molecular complexity index is 712. The number of hydrogen-bond acceptors (Lipinski definition) is 3. The molecule has 1 N–H and O–H groups in total. The molecule has 3 heteroatoms. The molecule has 1 aliphatic rings. The van der Waals surface area contributed by atoms with Crippen LogP contribution in [0, 0.1) is 0 Å². The highest BCUT2D eigenvalue weighted by Crippen LogP contribution is 2.26. The van der Waals surface area contributed by atoms with Crippen molar-refractivity contribution in [2.45, 2.75) is 0 Å². The minimum atomic E-state index is 0.0959. The molecule has 0 radical (unpaired) electrons. The van der Waals surface area contributed by atoms with E-state index in [9.17, 15) is 5.11 Å². The van der Waals surface area contributed by atoms with Crippen molar-refractivity contribution in [3.05, 3.63) is 70.1 Å². The molecule has 1 heterocycles. The van der Waals surface area contributed by atoms with Crippen LogP contribution in [-0.4, -0.2) is 10.1 Å². The van der Waals surface area contributed by atoms with E-state index in [1.54, 1.807) is 23.5 Å². The van der Waals surface area contributed by atoms with E-state index < -0.39 is 0 Å². The smallest absolute Gasteiger partial charge is 0.167 e. The molecule has 0 fully saturated rings. The van der Waals surface area contributed by atoms with E-state index in [-0.39, 0.29) is 5.76 Å². The van der Waals surface area contributed by atoms with E-state index in [1.165, 1.54) is 0 Å². The molecule has 86 valence electrons. The van der Waals surface area contributed by atoms with Crippen LogP contribution < -0.4 is 0 Å². The maximum atomic E-state index is 9.18. The number of hydrogen-bond donors (Lipinski definition) is 1. The second kappa shape index (κ2) is 4.52. The molecule has 0 amide bonds. The molecule has 0 atom stereocenters. The zero-order valence-corrected chi connectivity index (χ0v) is 10.2. The number of nitrogens with zero attached hydrogens (tertiary/aromatic N) is 1.